The Morgan fingerprint density at radius 2 is 1.90 bits per heavy atom. The lowest BCUT2D eigenvalue weighted by Crippen LogP contribution is -2.18. The summed E-state index contributed by atoms with van der Waals surface area (Å²) in [6, 6.07) is 3.29. The number of aromatic nitrogens is 5. The van der Waals surface area contributed by atoms with E-state index in [1.165, 1.54) is 36.4 Å². The number of amides is 1. The maximum Gasteiger partial charge on any atom is 0.316 e. The molecule has 0 saturated heterocycles. The van der Waals surface area contributed by atoms with Gasteiger partial charge in [0.1, 0.15) is 18.1 Å². The van der Waals surface area contributed by atoms with E-state index in [4.69, 9.17) is 4.74 Å². The van der Waals surface area contributed by atoms with E-state index in [1.54, 1.807) is 0 Å². The molecule has 1 N–H and O–H groups in total. The van der Waals surface area contributed by atoms with E-state index >= 15 is 0 Å². The minimum Gasteiger partial charge on any atom is -0.457 e. The number of nitrogens with one attached hydrogen (secondary N) is 1. The molecule has 0 spiro atoms. The molecular formula is C19H21F3N6O2. The fourth-order valence-electron chi connectivity index (χ4n) is 2.27. The van der Waals surface area contributed by atoms with Crippen molar-refractivity contribution >= 4 is 5.91 Å². The molecule has 0 aliphatic heterocycles. The van der Waals surface area contributed by atoms with Gasteiger partial charge in [-0.05, 0) is 18.2 Å². The Morgan fingerprint density at radius 1 is 1.23 bits per heavy atom. The van der Waals surface area contributed by atoms with Gasteiger partial charge < -0.3 is 10.1 Å². The molecular weight excluding hydrogens is 401 g/mol. The maximum atomic E-state index is 13.6. The summed E-state index contributed by atoms with van der Waals surface area (Å²) in [5.41, 5.74) is 0.138. The molecule has 0 atom stereocenters. The average Bonchev–Trinajstić information content (AvgIpc) is 3.22. The van der Waals surface area contributed by atoms with Crippen molar-refractivity contribution in [2.24, 2.45) is 0 Å². The molecule has 2 heterocycles. The third kappa shape index (κ3) is 5.52. The van der Waals surface area contributed by atoms with Gasteiger partial charge in [-0.25, -0.2) is 27.8 Å². The van der Waals surface area contributed by atoms with Crippen LogP contribution in [0.25, 0.3) is 5.69 Å². The van der Waals surface area contributed by atoms with Gasteiger partial charge >= 0.3 is 6.01 Å². The predicted molar refractivity (Wildman–Crippen MR) is 102 cm³/mol. The van der Waals surface area contributed by atoms with Crippen LogP contribution in [-0.2, 0) is 12.5 Å². The summed E-state index contributed by atoms with van der Waals surface area (Å²) in [7, 11) is 1.49. The summed E-state index contributed by atoms with van der Waals surface area (Å²) in [6.07, 6.45) is 4.07. The fraction of sp³-hybridized carbons (Fsp3) is 0.316. The Bertz CT molecular complexity index is 987. The second kappa shape index (κ2) is 9.81. The zero-order valence-corrected chi connectivity index (χ0v) is 16.9. The molecule has 3 rings (SSSR count). The van der Waals surface area contributed by atoms with Crippen LogP contribution in [0.4, 0.5) is 13.2 Å². The van der Waals surface area contributed by atoms with Crippen LogP contribution in [0.5, 0.6) is 6.01 Å². The van der Waals surface area contributed by atoms with Gasteiger partial charge in [-0.2, -0.15) is 0 Å². The van der Waals surface area contributed by atoms with Crippen LogP contribution in [0, 0.1) is 5.82 Å². The van der Waals surface area contributed by atoms with E-state index in [1.807, 2.05) is 13.8 Å². The van der Waals surface area contributed by atoms with Crippen LogP contribution in [0.2, 0.25) is 0 Å². The molecule has 0 fully saturated rings. The van der Waals surface area contributed by atoms with E-state index in [-0.39, 0.29) is 29.8 Å². The number of carbonyl (C=O) groups excluding carboxylic acids is 1. The van der Waals surface area contributed by atoms with Gasteiger partial charge in [0, 0.05) is 26.4 Å². The Kier molecular flexibility index (Phi) is 7.45. The zero-order chi connectivity index (χ0) is 22.3. The van der Waals surface area contributed by atoms with Crippen molar-refractivity contribution in [3.63, 3.8) is 0 Å². The molecule has 0 aliphatic rings. The first kappa shape index (κ1) is 22.8. The minimum atomic E-state index is -3.33. The highest BCUT2D eigenvalue weighted by molar-refractivity contribution is 5.93. The van der Waals surface area contributed by atoms with Crippen molar-refractivity contribution in [2.45, 2.75) is 33.3 Å². The number of nitrogens with zero attached hydrogens (tertiary/aromatic N) is 5. The number of halogens is 3. The standard InChI is InChI=1S/C17H15F3N6O2.C2H6/c1-17(19,20)13-5-12(3-4-14(13)18)26-8-11(24-25-26)9-28-16-22-6-10(7-23-16)15(27)21-2;1-2/h3-8H,9H2,1-2H3,(H,21,27);1-2H3. The van der Waals surface area contributed by atoms with Crippen LogP contribution < -0.4 is 10.1 Å². The first-order valence-corrected chi connectivity index (χ1v) is 9.04. The smallest absolute Gasteiger partial charge is 0.316 e. The molecule has 160 valence electrons. The van der Waals surface area contributed by atoms with Gasteiger partial charge in [-0.3, -0.25) is 4.79 Å². The number of rotatable bonds is 6. The Hall–Kier alpha value is -3.50. The number of carbonyl (C=O) groups is 1. The minimum absolute atomic E-state index is 0.0249. The maximum absolute atomic E-state index is 13.6. The summed E-state index contributed by atoms with van der Waals surface area (Å²) in [6.45, 7) is 4.57. The quantitative estimate of drug-likeness (QED) is 0.655. The number of alkyl halides is 2. The highest BCUT2D eigenvalue weighted by Gasteiger charge is 2.28. The largest absolute Gasteiger partial charge is 0.457 e. The van der Waals surface area contributed by atoms with Crippen LogP contribution in [-0.4, -0.2) is 37.9 Å². The predicted octanol–water partition coefficient (Wildman–Crippen LogP) is 3.27. The van der Waals surface area contributed by atoms with Crippen molar-refractivity contribution in [2.75, 3.05) is 7.05 Å². The Morgan fingerprint density at radius 3 is 2.50 bits per heavy atom. The van der Waals surface area contributed by atoms with Crippen molar-refractivity contribution in [1.29, 1.82) is 0 Å². The lowest BCUT2D eigenvalue weighted by atomic mass is 10.1. The fourth-order valence-corrected chi connectivity index (χ4v) is 2.27. The number of hydrogen-bond donors (Lipinski definition) is 1. The number of ether oxygens (including phenoxy) is 1. The summed E-state index contributed by atoms with van der Waals surface area (Å²) < 4.78 is 47.2. The third-order valence-corrected chi connectivity index (χ3v) is 3.69. The molecule has 0 aliphatic carbocycles. The normalized spacial score (nSPS) is 10.8. The Labute approximate surface area is 171 Å². The van der Waals surface area contributed by atoms with Gasteiger partial charge in [-0.15, -0.1) is 5.10 Å². The molecule has 1 amide bonds. The molecule has 8 nitrogen and oxygen atoms in total. The third-order valence-electron chi connectivity index (χ3n) is 3.69. The Balaban J connectivity index is 0.00000155. The molecule has 3 aromatic rings. The topological polar surface area (TPSA) is 94.8 Å². The first-order chi connectivity index (χ1) is 14.3. The zero-order valence-electron chi connectivity index (χ0n) is 16.9. The van der Waals surface area contributed by atoms with Crippen LogP contribution >= 0.6 is 0 Å². The van der Waals surface area contributed by atoms with Crippen molar-refractivity contribution < 1.29 is 22.7 Å². The molecule has 1 aromatic carbocycles. The highest BCUT2D eigenvalue weighted by Crippen LogP contribution is 2.30. The monoisotopic (exact) mass is 422 g/mol. The lowest BCUT2D eigenvalue weighted by molar-refractivity contribution is 0.0137. The molecule has 0 saturated carbocycles. The van der Waals surface area contributed by atoms with E-state index in [0.717, 1.165) is 12.1 Å². The summed E-state index contributed by atoms with van der Waals surface area (Å²) in [5.74, 6) is -4.66. The molecule has 11 heteroatoms. The van der Waals surface area contributed by atoms with E-state index in [9.17, 15) is 18.0 Å². The van der Waals surface area contributed by atoms with E-state index < -0.39 is 17.3 Å². The van der Waals surface area contributed by atoms with Gasteiger partial charge in [-0.1, -0.05) is 19.1 Å². The van der Waals surface area contributed by atoms with Gasteiger partial charge in [0.05, 0.1) is 23.0 Å². The molecule has 0 radical (unpaired) electrons. The van der Waals surface area contributed by atoms with Gasteiger partial charge in [0.25, 0.3) is 11.8 Å². The van der Waals surface area contributed by atoms with Crippen LogP contribution in [0.1, 0.15) is 42.4 Å². The van der Waals surface area contributed by atoms with E-state index in [2.05, 4.69) is 25.6 Å². The molecule has 0 bridgehead atoms. The molecule has 2 aromatic heterocycles. The second-order valence-electron chi connectivity index (χ2n) is 5.83. The van der Waals surface area contributed by atoms with Crippen molar-refractivity contribution in [3.8, 4) is 11.7 Å². The average molecular weight is 422 g/mol. The van der Waals surface area contributed by atoms with Crippen LogP contribution in [0.15, 0.2) is 36.8 Å². The second-order valence-corrected chi connectivity index (χ2v) is 5.83. The SMILES string of the molecule is CC.CNC(=O)c1cnc(OCc2cn(-c3ccc(F)c(C(C)(F)F)c3)nn2)nc1. The highest BCUT2D eigenvalue weighted by atomic mass is 19.3. The first-order valence-electron chi connectivity index (χ1n) is 9.04. The lowest BCUT2D eigenvalue weighted by Gasteiger charge is -2.12. The molecule has 0 unspecified atom stereocenters. The van der Waals surface area contributed by atoms with Crippen molar-refractivity contribution in [1.82, 2.24) is 30.3 Å². The van der Waals surface area contributed by atoms with Crippen LogP contribution in [0.3, 0.4) is 0 Å². The van der Waals surface area contributed by atoms with Gasteiger partial charge in [0.2, 0.25) is 0 Å². The summed E-state index contributed by atoms with van der Waals surface area (Å²) in [5, 5.41) is 10.1. The summed E-state index contributed by atoms with van der Waals surface area (Å²) in [4.78, 5) is 19.2. The van der Waals surface area contributed by atoms with Crippen molar-refractivity contribution in [3.05, 3.63) is 59.4 Å². The number of benzene rings is 1. The summed E-state index contributed by atoms with van der Waals surface area (Å²) >= 11 is 0. The van der Waals surface area contributed by atoms with E-state index in [0.29, 0.717) is 12.6 Å². The molecule has 30 heavy (non-hydrogen) atoms. The number of hydrogen-bond acceptors (Lipinski definition) is 6. The van der Waals surface area contributed by atoms with Gasteiger partial charge in [0.15, 0.2) is 0 Å².